The number of hydrogen-bond donors (Lipinski definition) is 1. The Labute approximate surface area is 46.3 Å². The molecule has 0 radical (unpaired) electrons. The van der Waals surface area contributed by atoms with E-state index in [1.165, 1.54) is 0 Å². The van der Waals surface area contributed by atoms with Crippen molar-refractivity contribution in [3.63, 3.8) is 0 Å². The zero-order chi connectivity index (χ0) is 6.36. The molecule has 0 aromatic rings. The topological polar surface area (TPSA) is 37.3 Å². The van der Waals surface area contributed by atoms with Crippen molar-refractivity contribution in [1.29, 1.82) is 0 Å². The van der Waals surface area contributed by atoms with Crippen molar-refractivity contribution in [1.82, 2.24) is 0 Å². The Balaban J connectivity index is 2.60. The van der Waals surface area contributed by atoms with E-state index in [9.17, 15) is 9.18 Å². The van der Waals surface area contributed by atoms with Gasteiger partial charge < -0.3 is 5.11 Å². The van der Waals surface area contributed by atoms with E-state index in [-0.39, 0.29) is 12.3 Å². The van der Waals surface area contributed by atoms with Crippen molar-refractivity contribution in [3.05, 3.63) is 0 Å². The second-order valence-electron chi connectivity index (χ2n) is 2.27. The molecule has 0 saturated heterocycles. The summed E-state index contributed by atoms with van der Waals surface area (Å²) < 4.78 is 12.4. The summed E-state index contributed by atoms with van der Waals surface area (Å²) in [6.45, 7) is 1.59. The molecule has 1 fully saturated rings. The minimum absolute atomic E-state index is 0.183. The standard InChI is InChI=1S/C5H7FO2/c1-3-2-5(3,6)4(7)8/h3H,2H2,1H3,(H,7,8). The molecule has 2 nitrogen and oxygen atoms in total. The van der Waals surface area contributed by atoms with E-state index in [1.807, 2.05) is 0 Å². The van der Waals surface area contributed by atoms with E-state index in [2.05, 4.69) is 0 Å². The van der Waals surface area contributed by atoms with Crippen LogP contribution in [0.4, 0.5) is 4.39 Å². The highest BCUT2D eigenvalue weighted by Crippen LogP contribution is 2.46. The van der Waals surface area contributed by atoms with Crippen LogP contribution in [0.2, 0.25) is 0 Å². The van der Waals surface area contributed by atoms with Crippen LogP contribution in [0.5, 0.6) is 0 Å². The molecule has 1 saturated carbocycles. The van der Waals surface area contributed by atoms with E-state index in [0.717, 1.165) is 0 Å². The second-order valence-corrected chi connectivity index (χ2v) is 2.27. The molecule has 2 unspecified atom stereocenters. The number of rotatable bonds is 1. The van der Waals surface area contributed by atoms with Crippen LogP contribution in [0, 0.1) is 5.92 Å². The first-order valence-electron chi connectivity index (χ1n) is 2.49. The zero-order valence-corrected chi connectivity index (χ0v) is 4.52. The lowest BCUT2D eigenvalue weighted by molar-refractivity contribution is -0.145. The van der Waals surface area contributed by atoms with Crippen LogP contribution in [0.25, 0.3) is 0 Å². The average Bonchev–Trinajstić information content (AvgIpc) is 2.17. The largest absolute Gasteiger partial charge is 0.479 e. The monoisotopic (exact) mass is 118 g/mol. The maximum Gasteiger partial charge on any atom is 0.341 e. The Morgan fingerprint density at radius 2 is 2.38 bits per heavy atom. The predicted octanol–water partition coefficient (Wildman–Crippen LogP) is 0.819. The number of carboxylic acids is 1. The third kappa shape index (κ3) is 0.504. The van der Waals surface area contributed by atoms with E-state index >= 15 is 0 Å². The molecule has 0 aromatic carbocycles. The quantitative estimate of drug-likeness (QED) is 0.553. The molecule has 0 aliphatic heterocycles. The van der Waals surface area contributed by atoms with Crippen molar-refractivity contribution in [2.24, 2.45) is 5.92 Å². The van der Waals surface area contributed by atoms with Crippen LogP contribution in [0.15, 0.2) is 0 Å². The maximum absolute atomic E-state index is 12.4. The third-order valence-corrected chi connectivity index (χ3v) is 1.58. The summed E-state index contributed by atoms with van der Waals surface area (Å²) in [6, 6.07) is 0. The Hall–Kier alpha value is -0.600. The van der Waals surface area contributed by atoms with Gasteiger partial charge in [-0.3, -0.25) is 0 Å². The number of hydrogen-bond acceptors (Lipinski definition) is 1. The summed E-state index contributed by atoms with van der Waals surface area (Å²) in [6.07, 6.45) is 0.183. The Kier molecular flexibility index (Phi) is 0.840. The van der Waals surface area contributed by atoms with Crippen molar-refractivity contribution in [2.75, 3.05) is 0 Å². The summed E-state index contributed by atoms with van der Waals surface area (Å²) in [5.41, 5.74) is -1.88. The van der Waals surface area contributed by atoms with Crippen LogP contribution >= 0.6 is 0 Å². The molecule has 1 N–H and O–H groups in total. The Morgan fingerprint density at radius 3 is 2.38 bits per heavy atom. The van der Waals surface area contributed by atoms with Crippen molar-refractivity contribution in [3.8, 4) is 0 Å². The van der Waals surface area contributed by atoms with Gasteiger partial charge in [0.05, 0.1) is 0 Å². The highest BCUT2D eigenvalue weighted by molar-refractivity contribution is 5.81. The molecular formula is C5H7FO2. The van der Waals surface area contributed by atoms with Gasteiger partial charge in [0.25, 0.3) is 0 Å². The number of carbonyl (C=O) groups is 1. The van der Waals surface area contributed by atoms with Crippen molar-refractivity contribution >= 4 is 5.97 Å². The fraction of sp³-hybridized carbons (Fsp3) is 0.800. The van der Waals surface area contributed by atoms with E-state index < -0.39 is 11.6 Å². The lowest BCUT2D eigenvalue weighted by atomic mass is 10.3. The molecule has 46 valence electrons. The summed E-state index contributed by atoms with van der Waals surface area (Å²) in [5.74, 6) is -1.59. The van der Waals surface area contributed by atoms with Gasteiger partial charge in [0.2, 0.25) is 5.67 Å². The lowest BCUT2D eigenvalue weighted by Gasteiger charge is -1.93. The van der Waals surface area contributed by atoms with Gasteiger partial charge in [-0.1, -0.05) is 6.92 Å². The van der Waals surface area contributed by atoms with Crippen LogP contribution in [0.1, 0.15) is 13.3 Å². The molecular weight excluding hydrogens is 111 g/mol. The lowest BCUT2D eigenvalue weighted by Crippen LogP contribution is -2.17. The van der Waals surface area contributed by atoms with E-state index in [0.29, 0.717) is 0 Å². The van der Waals surface area contributed by atoms with E-state index in [4.69, 9.17) is 5.11 Å². The number of halogens is 1. The van der Waals surface area contributed by atoms with Gasteiger partial charge in [0.15, 0.2) is 0 Å². The molecule has 0 heterocycles. The van der Waals surface area contributed by atoms with E-state index in [1.54, 1.807) is 6.92 Å². The van der Waals surface area contributed by atoms with Gasteiger partial charge in [0, 0.05) is 5.92 Å². The highest BCUT2D eigenvalue weighted by Gasteiger charge is 2.59. The number of carboxylic acid groups (broad SMARTS) is 1. The fourth-order valence-corrected chi connectivity index (χ4v) is 0.685. The number of alkyl halides is 1. The minimum atomic E-state index is -1.88. The summed E-state index contributed by atoms with van der Waals surface area (Å²) in [4.78, 5) is 9.92. The van der Waals surface area contributed by atoms with Crippen LogP contribution in [-0.2, 0) is 4.79 Å². The van der Waals surface area contributed by atoms with Gasteiger partial charge in [-0.25, -0.2) is 9.18 Å². The molecule has 0 bridgehead atoms. The van der Waals surface area contributed by atoms with Crippen molar-refractivity contribution < 1.29 is 14.3 Å². The molecule has 0 aromatic heterocycles. The molecule has 1 aliphatic rings. The van der Waals surface area contributed by atoms with Crippen LogP contribution in [0.3, 0.4) is 0 Å². The first-order chi connectivity index (χ1) is 3.57. The second kappa shape index (κ2) is 1.21. The molecule has 2 atom stereocenters. The Morgan fingerprint density at radius 1 is 2.00 bits per heavy atom. The highest BCUT2D eigenvalue weighted by atomic mass is 19.1. The van der Waals surface area contributed by atoms with Gasteiger partial charge >= 0.3 is 5.97 Å². The third-order valence-electron chi connectivity index (χ3n) is 1.58. The normalized spacial score (nSPS) is 44.0. The maximum atomic E-state index is 12.4. The summed E-state index contributed by atoms with van der Waals surface area (Å²) in [7, 11) is 0. The first kappa shape index (κ1) is 5.54. The molecule has 1 aliphatic carbocycles. The van der Waals surface area contributed by atoms with Gasteiger partial charge in [-0.15, -0.1) is 0 Å². The Bertz CT molecular complexity index is 134. The number of aliphatic carboxylic acids is 1. The van der Waals surface area contributed by atoms with Crippen molar-refractivity contribution in [2.45, 2.75) is 19.0 Å². The first-order valence-corrected chi connectivity index (χ1v) is 2.49. The molecule has 0 amide bonds. The smallest absolute Gasteiger partial charge is 0.341 e. The summed E-state index contributed by atoms with van der Waals surface area (Å²) >= 11 is 0. The SMILES string of the molecule is CC1CC1(F)C(=O)O. The van der Waals surface area contributed by atoms with Gasteiger partial charge in [0.1, 0.15) is 0 Å². The fourth-order valence-electron chi connectivity index (χ4n) is 0.685. The molecule has 0 spiro atoms. The molecule has 8 heavy (non-hydrogen) atoms. The molecule has 3 heteroatoms. The zero-order valence-electron chi connectivity index (χ0n) is 4.52. The van der Waals surface area contributed by atoms with Gasteiger partial charge in [-0.2, -0.15) is 0 Å². The predicted molar refractivity (Wildman–Crippen MR) is 25.3 cm³/mol. The van der Waals surface area contributed by atoms with Crippen LogP contribution in [-0.4, -0.2) is 16.7 Å². The average molecular weight is 118 g/mol. The van der Waals surface area contributed by atoms with Crippen LogP contribution < -0.4 is 0 Å². The summed E-state index contributed by atoms with van der Waals surface area (Å²) in [5, 5.41) is 8.11. The minimum Gasteiger partial charge on any atom is -0.479 e. The molecule has 1 rings (SSSR count). The van der Waals surface area contributed by atoms with Gasteiger partial charge in [-0.05, 0) is 6.42 Å².